The first kappa shape index (κ1) is 12.4. The Bertz CT molecular complexity index is 384. The Kier molecular flexibility index (Phi) is 4.17. The van der Waals surface area contributed by atoms with Gasteiger partial charge < -0.3 is 0 Å². The highest BCUT2D eigenvalue weighted by Gasteiger charge is 2.08. The first-order chi connectivity index (χ1) is 7.50. The number of hydrogen-bond acceptors (Lipinski definition) is 3. The average Bonchev–Trinajstić information content (AvgIpc) is 2.26. The molecule has 16 heavy (non-hydrogen) atoms. The number of nitro groups is 1. The number of ketones is 1. The summed E-state index contributed by atoms with van der Waals surface area (Å²) in [6.45, 7) is 3.48. The first-order valence-corrected chi connectivity index (χ1v) is 5.24. The summed E-state index contributed by atoms with van der Waals surface area (Å²) in [6, 6.07) is 6.47. The Balaban J connectivity index is 2.56. The summed E-state index contributed by atoms with van der Waals surface area (Å²) in [7, 11) is 0. The minimum atomic E-state index is -0.415. The Morgan fingerprint density at radius 1 is 1.38 bits per heavy atom. The number of nitrogens with zero attached hydrogens (tertiary/aromatic N) is 1. The molecule has 0 spiro atoms. The van der Waals surface area contributed by atoms with E-state index in [1.54, 1.807) is 19.1 Å². The molecule has 1 rings (SSSR count). The summed E-state index contributed by atoms with van der Waals surface area (Å²) < 4.78 is 0. The SMILES string of the molecule is CC(=O)C(C)CCc1ccc([N+](=O)[O-])cc1. The van der Waals surface area contributed by atoms with Crippen molar-refractivity contribution >= 4 is 11.5 Å². The van der Waals surface area contributed by atoms with Gasteiger partial charge >= 0.3 is 0 Å². The number of nitro benzene ring substituents is 1. The van der Waals surface area contributed by atoms with Crippen LogP contribution in [0.2, 0.25) is 0 Å². The second kappa shape index (κ2) is 5.39. The molecule has 4 nitrogen and oxygen atoms in total. The Hall–Kier alpha value is -1.71. The van der Waals surface area contributed by atoms with E-state index in [0.717, 1.165) is 18.4 Å². The van der Waals surface area contributed by atoms with Crippen LogP contribution in [0, 0.1) is 16.0 Å². The third-order valence-corrected chi connectivity index (χ3v) is 2.71. The minimum absolute atomic E-state index is 0.0511. The molecule has 0 amide bonds. The summed E-state index contributed by atoms with van der Waals surface area (Å²) in [6.07, 6.45) is 1.56. The van der Waals surface area contributed by atoms with Crippen LogP contribution in [-0.4, -0.2) is 10.7 Å². The van der Waals surface area contributed by atoms with E-state index < -0.39 is 4.92 Å². The van der Waals surface area contributed by atoms with Crippen molar-refractivity contribution in [3.8, 4) is 0 Å². The highest BCUT2D eigenvalue weighted by Crippen LogP contribution is 2.15. The zero-order valence-corrected chi connectivity index (χ0v) is 9.47. The van der Waals surface area contributed by atoms with Crippen molar-refractivity contribution in [3.63, 3.8) is 0 Å². The summed E-state index contributed by atoms with van der Waals surface area (Å²) in [4.78, 5) is 21.0. The molecule has 0 heterocycles. The molecule has 0 saturated heterocycles. The third kappa shape index (κ3) is 3.46. The lowest BCUT2D eigenvalue weighted by atomic mass is 9.98. The summed E-state index contributed by atoms with van der Waals surface area (Å²) in [5.41, 5.74) is 1.13. The summed E-state index contributed by atoms with van der Waals surface area (Å²) in [5.74, 6) is 0.233. The molecule has 0 aliphatic heterocycles. The van der Waals surface area contributed by atoms with E-state index in [4.69, 9.17) is 0 Å². The summed E-state index contributed by atoms with van der Waals surface area (Å²) >= 11 is 0. The monoisotopic (exact) mass is 221 g/mol. The number of carbonyl (C=O) groups excluding carboxylic acids is 1. The van der Waals surface area contributed by atoms with Crippen molar-refractivity contribution < 1.29 is 9.72 Å². The van der Waals surface area contributed by atoms with Crippen LogP contribution >= 0.6 is 0 Å². The van der Waals surface area contributed by atoms with Gasteiger partial charge in [0.25, 0.3) is 5.69 Å². The molecule has 1 unspecified atom stereocenters. The Labute approximate surface area is 94.4 Å². The number of rotatable bonds is 5. The number of aryl methyl sites for hydroxylation is 1. The predicted octanol–water partition coefficient (Wildman–Crippen LogP) is 2.75. The van der Waals surface area contributed by atoms with Crippen molar-refractivity contribution in [1.29, 1.82) is 0 Å². The molecule has 0 aliphatic rings. The zero-order valence-electron chi connectivity index (χ0n) is 9.47. The molecule has 1 atom stereocenters. The van der Waals surface area contributed by atoms with Crippen LogP contribution < -0.4 is 0 Å². The fraction of sp³-hybridized carbons (Fsp3) is 0.417. The van der Waals surface area contributed by atoms with Gasteiger partial charge in [0.05, 0.1) is 4.92 Å². The second-order valence-electron chi connectivity index (χ2n) is 3.97. The molecule has 0 aliphatic carbocycles. The fourth-order valence-electron chi connectivity index (χ4n) is 1.37. The van der Waals surface area contributed by atoms with Crippen LogP contribution in [-0.2, 0) is 11.2 Å². The van der Waals surface area contributed by atoms with Gasteiger partial charge in [0, 0.05) is 18.1 Å². The van der Waals surface area contributed by atoms with Gasteiger partial charge in [-0.05, 0) is 25.3 Å². The van der Waals surface area contributed by atoms with Gasteiger partial charge in [-0.2, -0.15) is 0 Å². The van der Waals surface area contributed by atoms with Gasteiger partial charge in [-0.1, -0.05) is 19.1 Å². The van der Waals surface area contributed by atoms with Crippen LogP contribution in [0.15, 0.2) is 24.3 Å². The van der Waals surface area contributed by atoms with E-state index in [1.165, 1.54) is 12.1 Å². The van der Waals surface area contributed by atoms with Gasteiger partial charge in [0.1, 0.15) is 5.78 Å². The number of hydrogen-bond donors (Lipinski definition) is 0. The molecule has 86 valence electrons. The van der Waals surface area contributed by atoms with E-state index in [0.29, 0.717) is 0 Å². The molecular formula is C12H15NO3. The quantitative estimate of drug-likeness (QED) is 0.567. The van der Waals surface area contributed by atoms with E-state index in [1.807, 2.05) is 6.92 Å². The van der Waals surface area contributed by atoms with E-state index >= 15 is 0 Å². The zero-order chi connectivity index (χ0) is 12.1. The Morgan fingerprint density at radius 2 is 1.94 bits per heavy atom. The molecule has 0 fully saturated rings. The molecular weight excluding hydrogens is 206 g/mol. The highest BCUT2D eigenvalue weighted by molar-refractivity contribution is 5.77. The molecule has 1 aromatic rings. The maximum absolute atomic E-state index is 11.0. The predicted molar refractivity (Wildman–Crippen MR) is 61.3 cm³/mol. The third-order valence-electron chi connectivity index (χ3n) is 2.71. The van der Waals surface area contributed by atoms with E-state index in [9.17, 15) is 14.9 Å². The smallest absolute Gasteiger partial charge is 0.269 e. The van der Waals surface area contributed by atoms with Crippen molar-refractivity contribution in [2.45, 2.75) is 26.7 Å². The van der Waals surface area contributed by atoms with Gasteiger partial charge in [0.15, 0.2) is 0 Å². The largest absolute Gasteiger partial charge is 0.300 e. The average molecular weight is 221 g/mol. The van der Waals surface area contributed by atoms with Crippen LogP contribution in [0.3, 0.4) is 0 Å². The van der Waals surface area contributed by atoms with E-state index in [-0.39, 0.29) is 17.4 Å². The maximum atomic E-state index is 11.0. The van der Waals surface area contributed by atoms with Crippen molar-refractivity contribution in [1.82, 2.24) is 0 Å². The number of Topliss-reactive ketones (excluding diaryl/α,β-unsaturated/α-hetero) is 1. The fourth-order valence-corrected chi connectivity index (χ4v) is 1.37. The van der Waals surface area contributed by atoms with Crippen molar-refractivity contribution in [2.24, 2.45) is 5.92 Å². The highest BCUT2D eigenvalue weighted by atomic mass is 16.6. The van der Waals surface area contributed by atoms with Gasteiger partial charge in [-0.3, -0.25) is 14.9 Å². The lowest BCUT2D eigenvalue weighted by molar-refractivity contribution is -0.384. The van der Waals surface area contributed by atoms with Crippen LogP contribution in [0.5, 0.6) is 0 Å². The van der Waals surface area contributed by atoms with Crippen LogP contribution in [0.4, 0.5) is 5.69 Å². The molecule has 0 radical (unpaired) electrons. The number of non-ortho nitro benzene ring substituents is 1. The van der Waals surface area contributed by atoms with Crippen LogP contribution in [0.25, 0.3) is 0 Å². The number of benzene rings is 1. The summed E-state index contributed by atoms with van der Waals surface area (Å²) in [5, 5.41) is 10.4. The van der Waals surface area contributed by atoms with Gasteiger partial charge in [0.2, 0.25) is 0 Å². The topological polar surface area (TPSA) is 60.2 Å². The maximum Gasteiger partial charge on any atom is 0.269 e. The van der Waals surface area contributed by atoms with Crippen molar-refractivity contribution in [2.75, 3.05) is 0 Å². The second-order valence-corrected chi connectivity index (χ2v) is 3.97. The van der Waals surface area contributed by atoms with Gasteiger partial charge in [-0.25, -0.2) is 0 Å². The Morgan fingerprint density at radius 3 is 2.38 bits per heavy atom. The first-order valence-electron chi connectivity index (χ1n) is 5.24. The minimum Gasteiger partial charge on any atom is -0.300 e. The molecule has 0 N–H and O–H groups in total. The number of carbonyl (C=O) groups is 1. The lowest BCUT2D eigenvalue weighted by Crippen LogP contribution is -2.07. The van der Waals surface area contributed by atoms with Gasteiger partial charge in [-0.15, -0.1) is 0 Å². The molecule has 4 heteroatoms. The van der Waals surface area contributed by atoms with E-state index in [2.05, 4.69) is 0 Å². The van der Waals surface area contributed by atoms with Crippen molar-refractivity contribution in [3.05, 3.63) is 39.9 Å². The van der Waals surface area contributed by atoms with Crippen LogP contribution in [0.1, 0.15) is 25.8 Å². The molecule has 1 aromatic carbocycles. The normalized spacial score (nSPS) is 12.1. The molecule has 0 saturated carbocycles. The molecule has 0 aromatic heterocycles. The lowest BCUT2D eigenvalue weighted by Gasteiger charge is -2.06. The molecule has 0 bridgehead atoms. The standard InChI is InChI=1S/C12H15NO3/c1-9(10(2)14)3-4-11-5-7-12(8-6-11)13(15)16/h5-9H,3-4H2,1-2H3.